The van der Waals surface area contributed by atoms with Gasteiger partial charge in [-0.3, -0.25) is 9.89 Å². The van der Waals surface area contributed by atoms with Gasteiger partial charge < -0.3 is 4.90 Å². The first-order chi connectivity index (χ1) is 12.7. The second-order valence-electron chi connectivity index (χ2n) is 6.63. The van der Waals surface area contributed by atoms with Gasteiger partial charge in [0.15, 0.2) is 0 Å². The first kappa shape index (κ1) is 16.9. The Kier molecular flexibility index (Phi) is 4.76. The molecule has 26 heavy (non-hydrogen) atoms. The number of hydrogen-bond acceptors (Lipinski definition) is 2. The fourth-order valence-corrected chi connectivity index (χ4v) is 3.83. The topological polar surface area (TPSA) is 49.0 Å². The third-order valence-corrected chi connectivity index (χ3v) is 5.24. The number of carbonyl (C=O) groups is 1. The molecule has 5 heteroatoms. The molecule has 2 heterocycles. The van der Waals surface area contributed by atoms with Crippen LogP contribution in [0.3, 0.4) is 0 Å². The van der Waals surface area contributed by atoms with E-state index in [0.717, 1.165) is 31.4 Å². The molecule has 1 unspecified atom stereocenters. The van der Waals surface area contributed by atoms with Crippen molar-refractivity contribution < 1.29 is 4.79 Å². The van der Waals surface area contributed by atoms with Crippen molar-refractivity contribution >= 4 is 17.5 Å². The maximum atomic E-state index is 13.0. The molecule has 0 bridgehead atoms. The molecule has 132 valence electrons. The van der Waals surface area contributed by atoms with Crippen LogP contribution in [-0.2, 0) is 6.42 Å². The molecule has 2 aromatic carbocycles. The molecule has 0 aliphatic carbocycles. The van der Waals surface area contributed by atoms with Crippen LogP contribution in [0.2, 0.25) is 5.02 Å². The van der Waals surface area contributed by atoms with E-state index in [1.165, 1.54) is 5.56 Å². The number of amides is 1. The minimum Gasteiger partial charge on any atom is -0.334 e. The first-order valence-electron chi connectivity index (χ1n) is 8.87. The summed E-state index contributed by atoms with van der Waals surface area (Å²) in [4.78, 5) is 15.0. The zero-order valence-corrected chi connectivity index (χ0v) is 15.1. The first-order valence-corrected chi connectivity index (χ1v) is 9.25. The number of hydrogen-bond donors (Lipinski definition) is 1. The quantitative estimate of drug-likeness (QED) is 0.735. The van der Waals surface area contributed by atoms with Crippen LogP contribution in [0.1, 0.15) is 28.9 Å². The van der Waals surface area contributed by atoms with Crippen molar-refractivity contribution in [1.29, 1.82) is 0 Å². The van der Waals surface area contributed by atoms with Gasteiger partial charge in [0.1, 0.15) is 5.69 Å². The normalized spacial score (nSPS) is 16.8. The maximum Gasteiger partial charge on any atom is 0.272 e. The average molecular weight is 366 g/mol. The smallest absolute Gasteiger partial charge is 0.272 e. The van der Waals surface area contributed by atoms with E-state index >= 15 is 0 Å². The predicted octanol–water partition coefficient (Wildman–Crippen LogP) is 4.58. The SMILES string of the molecule is O=C(c1cc(-c2ccccc2Cl)n[nH]1)N1CCCC1Cc1ccccc1. The molecule has 0 radical (unpaired) electrons. The lowest BCUT2D eigenvalue weighted by Crippen LogP contribution is -2.37. The van der Waals surface area contributed by atoms with E-state index in [9.17, 15) is 4.79 Å². The van der Waals surface area contributed by atoms with E-state index in [1.54, 1.807) is 6.07 Å². The fourth-order valence-electron chi connectivity index (χ4n) is 3.59. The molecule has 1 N–H and O–H groups in total. The van der Waals surface area contributed by atoms with Crippen LogP contribution in [0.15, 0.2) is 60.7 Å². The molecule has 0 saturated carbocycles. The summed E-state index contributed by atoms with van der Waals surface area (Å²) in [6.45, 7) is 0.788. The number of nitrogens with one attached hydrogen (secondary N) is 1. The van der Waals surface area contributed by atoms with E-state index in [0.29, 0.717) is 16.4 Å². The fraction of sp³-hybridized carbons (Fsp3) is 0.238. The number of nitrogens with zero attached hydrogens (tertiary/aromatic N) is 2. The number of aromatic amines is 1. The van der Waals surface area contributed by atoms with E-state index < -0.39 is 0 Å². The van der Waals surface area contributed by atoms with Gasteiger partial charge in [-0.25, -0.2) is 0 Å². The highest BCUT2D eigenvalue weighted by Crippen LogP contribution is 2.28. The van der Waals surface area contributed by atoms with Gasteiger partial charge in [0.05, 0.1) is 10.7 Å². The zero-order chi connectivity index (χ0) is 17.9. The van der Waals surface area contributed by atoms with Crippen LogP contribution in [-0.4, -0.2) is 33.6 Å². The standard InChI is InChI=1S/C21H20ClN3O/c22-18-11-5-4-10-17(18)19-14-20(24-23-19)21(26)25-12-6-9-16(25)13-15-7-2-1-3-8-15/h1-5,7-8,10-11,14,16H,6,9,12-13H2,(H,23,24). The summed E-state index contributed by atoms with van der Waals surface area (Å²) in [5.74, 6) is 0.00855. The van der Waals surface area contributed by atoms with Crippen molar-refractivity contribution in [3.05, 3.63) is 76.9 Å². The van der Waals surface area contributed by atoms with Gasteiger partial charge >= 0.3 is 0 Å². The second-order valence-corrected chi connectivity index (χ2v) is 7.04. The molecule has 0 spiro atoms. The molecule has 1 aromatic heterocycles. The summed E-state index contributed by atoms with van der Waals surface area (Å²) < 4.78 is 0. The molecule has 1 aliphatic rings. The summed E-state index contributed by atoms with van der Waals surface area (Å²) in [6, 6.07) is 19.9. The van der Waals surface area contributed by atoms with Gasteiger partial charge in [-0.05, 0) is 37.0 Å². The van der Waals surface area contributed by atoms with Crippen LogP contribution < -0.4 is 0 Å². The van der Waals surface area contributed by atoms with Gasteiger partial charge in [0.2, 0.25) is 0 Å². The van der Waals surface area contributed by atoms with E-state index in [2.05, 4.69) is 22.3 Å². The summed E-state index contributed by atoms with van der Waals surface area (Å²) in [5.41, 5.74) is 3.29. The predicted molar refractivity (Wildman–Crippen MR) is 103 cm³/mol. The van der Waals surface area contributed by atoms with E-state index in [-0.39, 0.29) is 11.9 Å². The molecule has 1 saturated heterocycles. The molecular formula is C21H20ClN3O. The number of likely N-dealkylation sites (tertiary alicyclic amines) is 1. The Balaban J connectivity index is 1.53. The van der Waals surface area contributed by atoms with Gasteiger partial charge in [-0.2, -0.15) is 5.10 Å². The van der Waals surface area contributed by atoms with Crippen molar-refractivity contribution in [3.8, 4) is 11.3 Å². The molecule has 4 rings (SSSR count). The largest absolute Gasteiger partial charge is 0.334 e. The summed E-state index contributed by atoms with van der Waals surface area (Å²) in [5, 5.41) is 7.81. The third kappa shape index (κ3) is 3.37. The molecule has 4 nitrogen and oxygen atoms in total. The lowest BCUT2D eigenvalue weighted by atomic mass is 10.0. The Labute approximate surface area is 157 Å². The highest BCUT2D eigenvalue weighted by molar-refractivity contribution is 6.33. The molecule has 1 fully saturated rings. The Bertz CT molecular complexity index is 906. The molecule has 3 aromatic rings. The number of benzene rings is 2. The van der Waals surface area contributed by atoms with Gasteiger partial charge in [0, 0.05) is 18.2 Å². The Hall–Kier alpha value is -2.59. The van der Waals surface area contributed by atoms with Crippen LogP contribution in [0.5, 0.6) is 0 Å². The number of halogens is 1. The lowest BCUT2D eigenvalue weighted by molar-refractivity contribution is 0.0730. The number of carbonyl (C=O) groups excluding carboxylic acids is 1. The second kappa shape index (κ2) is 7.34. The van der Waals surface area contributed by atoms with Gasteiger partial charge in [0.25, 0.3) is 5.91 Å². The Morgan fingerprint density at radius 3 is 2.73 bits per heavy atom. The minimum atomic E-state index is 0.00855. The van der Waals surface area contributed by atoms with Crippen molar-refractivity contribution in [2.75, 3.05) is 6.54 Å². The summed E-state index contributed by atoms with van der Waals surface area (Å²) in [6.07, 6.45) is 2.96. The van der Waals surface area contributed by atoms with Crippen molar-refractivity contribution in [3.63, 3.8) is 0 Å². The maximum absolute atomic E-state index is 13.0. The zero-order valence-electron chi connectivity index (χ0n) is 14.4. The monoisotopic (exact) mass is 365 g/mol. The lowest BCUT2D eigenvalue weighted by Gasteiger charge is -2.24. The minimum absolute atomic E-state index is 0.00855. The van der Waals surface area contributed by atoms with Crippen molar-refractivity contribution in [2.45, 2.75) is 25.3 Å². The van der Waals surface area contributed by atoms with Crippen LogP contribution in [0.25, 0.3) is 11.3 Å². The van der Waals surface area contributed by atoms with Crippen molar-refractivity contribution in [2.24, 2.45) is 0 Å². The average Bonchev–Trinajstić information content (AvgIpc) is 3.32. The Morgan fingerprint density at radius 2 is 1.92 bits per heavy atom. The summed E-state index contributed by atoms with van der Waals surface area (Å²) in [7, 11) is 0. The van der Waals surface area contributed by atoms with Crippen LogP contribution >= 0.6 is 11.6 Å². The molecule has 1 atom stereocenters. The van der Waals surface area contributed by atoms with Gasteiger partial charge in [-0.15, -0.1) is 0 Å². The molecular weight excluding hydrogens is 346 g/mol. The van der Waals surface area contributed by atoms with Crippen LogP contribution in [0, 0.1) is 0 Å². The third-order valence-electron chi connectivity index (χ3n) is 4.91. The molecule has 1 aliphatic heterocycles. The molecule has 1 amide bonds. The Morgan fingerprint density at radius 1 is 1.15 bits per heavy atom. The van der Waals surface area contributed by atoms with Crippen molar-refractivity contribution in [1.82, 2.24) is 15.1 Å². The van der Waals surface area contributed by atoms with E-state index in [4.69, 9.17) is 11.6 Å². The highest BCUT2D eigenvalue weighted by Gasteiger charge is 2.30. The number of aromatic nitrogens is 2. The summed E-state index contributed by atoms with van der Waals surface area (Å²) >= 11 is 6.24. The number of rotatable bonds is 4. The van der Waals surface area contributed by atoms with Gasteiger partial charge in [-0.1, -0.05) is 60.1 Å². The van der Waals surface area contributed by atoms with Crippen LogP contribution in [0.4, 0.5) is 0 Å². The van der Waals surface area contributed by atoms with E-state index in [1.807, 2.05) is 47.4 Å². The highest BCUT2D eigenvalue weighted by atomic mass is 35.5. The number of H-pyrrole nitrogens is 1.